The van der Waals surface area contributed by atoms with Crippen LogP contribution in [0.25, 0.3) is 88.0 Å². The molecule has 3 heteroatoms. The number of pyridine rings is 1. The molecule has 0 amide bonds. The largest absolute Gasteiger partial charge is 0.309 e. The summed E-state index contributed by atoms with van der Waals surface area (Å²) in [4.78, 5) is 4.57. The van der Waals surface area contributed by atoms with Crippen molar-refractivity contribution >= 4 is 54.4 Å². The average Bonchev–Trinajstić information content (AvgIpc) is 3.71. The molecule has 10 aromatic rings. The van der Waals surface area contributed by atoms with E-state index in [-0.39, 0.29) is 0 Å². The molecular formula is C50H37N3. The zero-order valence-electron chi connectivity index (χ0n) is 30.0. The maximum Gasteiger partial charge on any atom is 0.0724 e. The van der Waals surface area contributed by atoms with Gasteiger partial charge in [-0.2, -0.15) is 0 Å². The molecule has 3 nitrogen and oxygen atoms in total. The van der Waals surface area contributed by atoms with Crippen molar-refractivity contribution in [1.82, 2.24) is 14.1 Å². The second kappa shape index (κ2) is 11.3. The zero-order valence-corrected chi connectivity index (χ0v) is 30.0. The predicted molar refractivity (Wildman–Crippen MR) is 223 cm³/mol. The standard InChI is InChI=1S/C50H37N3/c1-30-31(2)38-18-10-12-20-41(38)49-32(3)42(39-19-11-9-17-37(30)39)28-47-50(49)44-25-33-13-7-8-14-34(33)26-46(44)53(47)36-21-22-45-43(27-36)40-23-24-51-29-48(40)52(45)35-15-5-4-6-16-35/h4-31H,1-3H3. The Bertz CT molecular complexity index is 3110. The lowest BCUT2D eigenvalue weighted by atomic mass is 9.80. The van der Waals surface area contributed by atoms with Crippen molar-refractivity contribution in [3.05, 3.63) is 175 Å². The maximum atomic E-state index is 4.57. The first-order chi connectivity index (χ1) is 26.1. The minimum absolute atomic E-state index is 0.337. The Kier molecular flexibility index (Phi) is 6.42. The molecule has 2 unspecified atom stereocenters. The van der Waals surface area contributed by atoms with E-state index >= 15 is 0 Å². The van der Waals surface area contributed by atoms with Gasteiger partial charge in [0.25, 0.3) is 0 Å². The van der Waals surface area contributed by atoms with Gasteiger partial charge in [-0.1, -0.05) is 105 Å². The van der Waals surface area contributed by atoms with Crippen LogP contribution < -0.4 is 0 Å². The van der Waals surface area contributed by atoms with E-state index in [9.17, 15) is 0 Å². The molecule has 1 aliphatic rings. The van der Waals surface area contributed by atoms with Crippen molar-refractivity contribution in [3.8, 4) is 33.6 Å². The van der Waals surface area contributed by atoms with Crippen LogP contribution in [0.2, 0.25) is 0 Å². The Hall–Kier alpha value is -6.45. The highest BCUT2D eigenvalue weighted by Gasteiger charge is 2.29. The molecular weight excluding hydrogens is 643 g/mol. The van der Waals surface area contributed by atoms with E-state index in [0.717, 1.165) is 16.9 Å². The van der Waals surface area contributed by atoms with Crippen LogP contribution in [-0.4, -0.2) is 14.1 Å². The van der Waals surface area contributed by atoms with Gasteiger partial charge < -0.3 is 9.13 Å². The van der Waals surface area contributed by atoms with E-state index in [4.69, 9.17) is 0 Å². The molecule has 252 valence electrons. The molecule has 7 aromatic carbocycles. The number of nitrogens with zero attached hydrogens (tertiary/aromatic N) is 3. The predicted octanol–water partition coefficient (Wildman–Crippen LogP) is 13.3. The summed E-state index contributed by atoms with van der Waals surface area (Å²) in [6.45, 7) is 7.16. The smallest absolute Gasteiger partial charge is 0.0724 e. The fourth-order valence-corrected chi connectivity index (χ4v) is 9.50. The molecule has 0 spiro atoms. The molecule has 0 fully saturated rings. The summed E-state index contributed by atoms with van der Waals surface area (Å²) in [6, 6.07) is 54.2. The molecule has 3 aromatic heterocycles. The van der Waals surface area contributed by atoms with Crippen molar-refractivity contribution < 1.29 is 0 Å². The Morgan fingerprint density at radius 2 is 1.13 bits per heavy atom. The second-order valence-corrected chi connectivity index (χ2v) is 14.9. The van der Waals surface area contributed by atoms with Gasteiger partial charge in [-0.3, -0.25) is 4.98 Å². The van der Waals surface area contributed by atoms with Crippen molar-refractivity contribution in [1.29, 1.82) is 0 Å². The SMILES string of the molecule is Cc1c2cc3c(c1-c1ccccc1C(C)C(C)c1ccccc1-2)c1cc2ccccc2cc1n3-c1ccc2c(c1)c1ccncc1n2-c1ccccc1. The van der Waals surface area contributed by atoms with E-state index in [0.29, 0.717) is 11.8 Å². The fraction of sp³-hybridized carbons (Fsp3) is 0.100. The van der Waals surface area contributed by atoms with Crippen LogP contribution >= 0.6 is 0 Å². The number of para-hydroxylation sites is 1. The van der Waals surface area contributed by atoms with E-state index in [1.54, 1.807) is 0 Å². The van der Waals surface area contributed by atoms with Gasteiger partial charge in [0.05, 0.1) is 28.3 Å². The number of rotatable bonds is 2. The Morgan fingerprint density at radius 3 is 1.92 bits per heavy atom. The van der Waals surface area contributed by atoms with Crippen molar-refractivity contribution in [2.75, 3.05) is 0 Å². The van der Waals surface area contributed by atoms with Crippen LogP contribution in [0.5, 0.6) is 0 Å². The number of fused-ring (bicyclic) bond motifs is 14. The number of aromatic nitrogens is 3. The number of hydrogen-bond acceptors (Lipinski definition) is 1. The van der Waals surface area contributed by atoms with Crippen LogP contribution in [0.15, 0.2) is 158 Å². The van der Waals surface area contributed by atoms with Gasteiger partial charge in [-0.25, -0.2) is 0 Å². The molecule has 0 saturated carbocycles. The summed E-state index contributed by atoms with van der Waals surface area (Å²) in [7, 11) is 0. The molecule has 0 N–H and O–H groups in total. The maximum absolute atomic E-state index is 4.57. The first kappa shape index (κ1) is 30.2. The molecule has 1 aliphatic carbocycles. The van der Waals surface area contributed by atoms with E-state index in [1.807, 2.05) is 12.4 Å². The highest BCUT2D eigenvalue weighted by atomic mass is 15.0. The van der Waals surface area contributed by atoms with E-state index < -0.39 is 0 Å². The molecule has 0 saturated heterocycles. The lowest BCUT2D eigenvalue weighted by molar-refractivity contribution is 0.626. The quantitative estimate of drug-likeness (QED) is 0.178. The monoisotopic (exact) mass is 679 g/mol. The summed E-state index contributed by atoms with van der Waals surface area (Å²) < 4.78 is 4.87. The van der Waals surface area contributed by atoms with Crippen LogP contribution in [0.3, 0.4) is 0 Å². The minimum Gasteiger partial charge on any atom is -0.309 e. The summed E-state index contributed by atoms with van der Waals surface area (Å²) >= 11 is 0. The number of hydrogen-bond donors (Lipinski definition) is 0. The van der Waals surface area contributed by atoms with Crippen LogP contribution in [0.4, 0.5) is 0 Å². The van der Waals surface area contributed by atoms with Crippen LogP contribution in [0, 0.1) is 6.92 Å². The third-order valence-corrected chi connectivity index (χ3v) is 12.2. The van der Waals surface area contributed by atoms with Gasteiger partial charge in [0.2, 0.25) is 0 Å². The summed E-state index contributed by atoms with van der Waals surface area (Å²) in [5, 5.41) is 7.50. The van der Waals surface area contributed by atoms with Crippen molar-refractivity contribution in [2.45, 2.75) is 32.6 Å². The molecule has 3 heterocycles. The molecule has 2 bridgehead atoms. The average molecular weight is 680 g/mol. The first-order valence-corrected chi connectivity index (χ1v) is 18.7. The highest BCUT2D eigenvalue weighted by Crippen LogP contribution is 2.51. The van der Waals surface area contributed by atoms with Gasteiger partial charge in [0.1, 0.15) is 0 Å². The lowest BCUT2D eigenvalue weighted by Gasteiger charge is -2.24. The van der Waals surface area contributed by atoms with Crippen LogP contribution in [0.1, 0.15) is 42.4 Å². The summed E-state index contributed by atoms with van der Waals surface area (Å²) in [5.74, 6) is 0.686. The van der Waals surface area contributed by atoms with Crippen molar-refractivity contribution in [2.24, 2.45) is 0 Å². The van der Waals surface area contributed by atoms with Gasteiger partial charge in [0.15, 0.2) is 0 Å². The lowest BCUT2D eigenvalue weighted by Crippen LogP contribution is -2.06. The highest BCUT2D eigenvalue weighted by molar-refractivity contribution is 6.21. The molecule has 53 heavy (non-hydrogen) atoms. The number of benzene rings is 7. The Labute approximate surface area is 308 Å². The third kappa shape index (κ3) is 4.25. The molecule has 0 radical (unpaired) electrons. The summed E-state index contributed by atoms with van der Waals surface area (Å²) in [6.07, 6.45) is 3.91. The summed E-state index contributed by atoms with van der Waals surface area (Å²) in [5.41, 5.74) is 16.5. The topological polar surface area (TPSA) is 22.8 Å². The minimum atomic E-state index is 0.337. The molecule has 0 aliphatic heterocycles. The first-order valence-electron chi connectivity index (χ1n) is 18.7. The Balaban J connectivity index is 1.33. The third-order valence-electron chi connectivity index (χ3n) is 12.2. The molecule has 2 atom stereocenters. The van der Waals surface area contributed by atoms with Gasteiger partial charge in [-0.15, -0.1) is 0 Å². The van der Waals surface area contributed by atoms with Gasteiger partial charge in [-0.05, 0) is 123 Å². The van der Waals surface area contributed by atoms with Gasteiger partial charge in [0, 0.05) is 39.1 Å². The van der Waals surface area contributed by atoms with Crippen LogP contribution in [-0.2, 0) is 0 Å². The Morgan fingerprint density at radius 1 is 0.472 bits per heavy atom. The fourth-order valence-electron chi connectivity index (χ4n) is 9.50. The molecule has 11 rings (SSSR count). The van der Waals surface area contributed by atoms with E-state index in [2.05, 4.69) is 180 Å². The zero-order chi connectivity index (χ0) is 35.4. The van der Waals surface area contributed by atoms with E-state index in [1.165, 1.54) is 87.8 Å². The second-order valence-electron chi connectivity index (χ2n) is 14.9. The van der Waals surface area contributed by atoms with Gasteiger partial charge >= 0.3 is 0 Å². The van der Waals surface area contributed by atoms with Crippen molar-refractivity contribution in [3.63, 3.8) is 0 Å². The normalized spacial score (nSPS) is 15.5.